The van der Waals surface area contributed by atoms with Crippen LogP contribution in [-0.4, -0.2) is 22.1 Å². The lowest BCUT2D eigenvalue weighted by molar-refractivity contribution is -0.131. The van der Waals surface area contributed by atoms with E-state index in [-0.39, 0.29) is 6.03 Å². The highest BCUT2D eigenvalue weighted by Crippen LogP contribution is 2.11. The van der Waals surface area contributed by atoms with Crippen molar-refractivity contribution in [2.45, 2.75) is 6.54 Å². The maximum absolute atomic E-state index is 11.7. The second-order valence-electron chi connectivity index (χ2n) is 4.07. The molecule has 0 aliphatic rings. The van der Waals surface area contributed by atoms with Gasteiger partial charge in [-0.15, -0.1) is 11.3 Å². The number of thiazole rings is 1. The first-order valence-corrected chi connectivity index (χ1v) is 6.95. The third-order valence-corrected chi connectivity index (χ3v) is 3.27. The van der Waals surface area contributed by atoms with E-state index in [1.165, 1.54) is 17.4 Å². The molecule has 0 fully saturated rings. The van der Waals surface area contributed by atoms with Gasteiger partial charge in [-0.05, 0) is 23.8 Å². The van der Waals surface area contributed by atoms with Crippen molar-refractivity contribution in [2.75, 3.05) is 5.32 Å². The van der Waals surface area contributed by atoms with Crippen LogP contribution in [0.25, 0.3) is 6.08 Å². The molecule has 0 bridgehead atoms. The fraction of sp³-hybridized carbons (Fsp3) is 0.0714. The molecule has 6 nitrogen and oxygen atoms in total. The van der Waals surface area contributed by atoms with Gasteiger partial charge in [0.25, 0.3) is 0 Å². The molecule has 0 atom stereocenters. The van der Waals surface area contributed by atoms with Crippen LogP contribution in [0.2, 0.25) is 0 Å². The Bertz CT molecular complexity index is 636. The van der Waals surface area contributed by atoms with Gasteiger partial charge in [0, 0.05) is 22.8 Å². The highest BCUT2D eigenvalue weighted by molar-refractivity contribution is 7.09. The van der Waals surface area contributed by atoms with Crippen LogP contribution in [0.3, 0.4) is 0 Å². The Morgan fingerprint density at radius 3 is 2.67 bits per heavy atom. The van der Waals surface area contributed by atoms with Crippen LogP contribution in [0, 0.1) is 0 Å². The van der Waals surface area contributed by atoms with E-state index in [0.717, 1.165) is 16.5 Å². The van der Waals surface area contributed by atoms with Crippen LogP contribution in [0.4, 0.5) is 10.5 Å². The number of rotatable bonds is 5. The second kappa shape index (κ2) is 7.20. The van der Waals surface area contributed by atoms with Crippen LogP contribution in [0.5, 0.6) is 0 Å². The van der Waals surface area contributed by atoms with Gasteiger partial charge >= 0.3 is 12.0 Å². The Labute approximate surface area is 125 Å². The van der Waals surface area contributed by atoms with E-state index in [0.29, 0.717) is 12.2 Å². The van der Waals surface area contributed by atoms with E-state index in [2.05, 4.69) is 15.6 Å². The van der Waals surface area contributed by atoms with E-state index >= 15 is 0 Å². The molecule has 0 aliphatic heterocycles. The highest BCUT2D eigenvalue weighted by atomic mass is 32.1. The summed E-state index contributed by atoms with van der Waals surface area (Å²) < 4.78 is 0. The van der Waals surface area contributed by atoms with Gasteiger partial charge in [-0.1, -0.05) is 12.1 Å². The van der Waals surface area contributed by atoms with Gasteiger partial charge in [0.2, 0.25) is 0 Å². The molecule has 3 N–H and O–H groups in total. The Kier molecular flexibility index (Phi) is 5.05. The van der Waals surface area contributed by atoms with Gasteiger partial charge in [0.15, 0.2) is 0 Å². The molecule has 0 saturated carbocycles. The Morgan fingerprint density at radius 1 is 1.29 bits per heavy atom. The fourth-order valence-corrected chi connectivity index (χ4v) is 2.05. The number of carboxylic acid groups (broad SMARTS) is 1. The standard InChI is InChI=1S/C14H13N3O3S/c18-13(19)6-3-10-1-4-11(5-2-10)17-14(20)16-8-12-7-15-9-21-12/h1-7,9H,8H2,(H,18,19)(H2,16,17,20)/b6-3+. The molecular formula is C14H13N3O3S. The van der Waals surface area contributed by atoms with Crippen molar-refractivity contribution in [1.82, 2.24) is 10.3 Å². The number of aromatic nitrogens is 1. The summed E-state index contributed by atoms with van der Waals surface area (Å²) in [5.74, 6) is -1.00. The molecule has 1 aromatic carbocycles. The molecular weight excluding hydrogens is 290 g/mol. The van der Waals surface area contributed by atoms with Crippen LogP contribution >= 0.6 is 11.3 Å². The number of carbonyl (C=O) groups is 2. The lowest BCUT2D eigenvalue weighted by Crippen LogP contribution is -2.27. The minimum Gasteiger partial charge on any atom is -0.478 e. The van der Waals surface area contributed by atoms with Crippen molar-refractivity contribution < 1.29 is 14.7 Å². The predicted octanol–water partition coefficient (Wildman–Crippen LogP) is 2.56. The second-order valence-corrected chi connectivity index (χ2v) is 5.04. The molecule has 108 valence electrons. The number of anilines is 1. The highest BCUT2D eigenvalue weighted by Gasteiger charge is 2.02. The summed E-state index contributed by atoms with van der Waals surface area (Å²) in [6, 6.07) is 6.54. The number of nitrogens with zero attached hydrogens (tertiary/aromatic N) is 1. The van der Waals surface area contributed by atoms with Crippen LogP contribution in [-0.2, 0) is 11.3 Å². The molecule has 0 saturated heterocycles. The number of amides is 2. The first-order chi connectivity index (χ1) is 10.1. The average molecular weight is 303 g/mol. The van der Waals surface area contributed by atoms with Crippen LogP contribution < -0.4 is 10.6 Å². The van der Waals surface area contributed by atoms with Gasteiger partial charge in [0.1, 0.15) is 0 Å². The Balaban J connectivity index is 1.85. The number of benzene rings is 1. The summed E-state index contributed by atoms with van der Waals surface area (Å²) in [7, 11) is 0. The van der Waals surface area contributed by atoms with Crippen LogP contribution in [0.15, 0.2) is 42.0 Å². The van der Waals surface area contributed by atoms with E-state index in [1.807, 2.05) is 0 Å². The zero-order chi connectivity index (χ0) is 15.1. The van der Waals surface area contributed by atoms with E-state index in [9.17, 15) is 9.59 Å². The van der Waals surface area contributed by atoms with Crippen molar-refractivity contribution in [3.63, 3.8) is 0 Å². The van der Waals surface area contributed by atoms with E-state index < -0.39 is 5.97 Å². The number of urea groups is 1. The lowest BCUT2D eigenvalue weighted by atomic mass is 10.2. The lowest BCUT2D eigenvalue weighted by Gasteiger charge is -2.06. The molecule has 0 unspecified atom stereocenters. The van der Waals surface area contributed by atoms with Gasteiger partial charge < -0.3 is 15.7 Å². The molecule has 21 heavy (non-hydrogen) atoms. The fourth-order valence-electron chi connectivity index (χ4n) is 1.52. The summed E-state index contributed by atoms with van der Waals surface area (Å²) in [4.78, 5) is 27.0. The summed E-state index contributed by atoms with van der Waals surface area (Å²) >= 11 is 1.47. The Morgan fingerprint density at radius 2 is 2.05 bits per heavy atom. The van der Waals surface area contributed by atoms with Crippen molar-refractivity contribution in [3.05, 3.63) is 52.5 Å². The molecule has 1 aromatic heterocycles. The quantitative estimate of drug-likeness (QED) is 0.740. The maximum atomic E-state index is 11.7. The normalized spacial score (nSPS) is 10.5. The third kappa shape index (κ3) is 5.07. The zero-order valence-electron chi connectivity index (χ0n) is 10.9. The Hall–Kier alpha value is -2.67. The molecule has 2 aromatic rings. The van der Waals surface area contributed by atoms with Gasteiger partial charge in [-0.3, -0.25) is 4.98 Å². The number of hydrogen-bond donors (Lipinski definition) is 3. The molecule has 0 aliphatic carbocycles. The van der Waals surface area contributed by atoms with Gasteiger partial charge in [-0.25, -0.2) is 9.59 Å². The minimum absolute atomic E-state index is 0.308. The van der Waals surface area contributed by atoms with Crippen molar-refractivity contribution in [1.29, 1.82) is 0 Å². The first kappa shape index (κ1) is 14.7. The summed E-state index contributed by atoms with van der Waals surface area (Å²) in [5.41, 5.74) is 3.08. The topological polar surface area (TPSA) is 91.3 Å². The van der Waals surface area contributed by atoms with Crippen LogP contribution in [0.1, 0.15) is 10.4 Å². The predicted molar refractivity (Wildman–Crippen MR) is 81.1 cm³/mol. The SMILES string of the molecule is O=C(O)/C=C/c1ccc(NC(=O)NCc2cncs2)cc1. The van der Waals surface area contributed by atoms with Gasteiger partial charge in [0.05, 0.1) is 12.1 Å². The van der Waals surface area contributed by atoms with E-state index in [4.69, 9.17) is 5.11 Å². The number of carbonyl (C=O) groups excluding carboxylic acids is 1. The first-order valence-electron chi connectivity index (χ1n) is 6.07. The summed E-state index contributed by atoms with van der Waals surface area (Å²) in [6.07, 6.45) is 4.24. The van der Waals surface area contributed by atoms with Crippen molar-refractivity contribution in [3.8, 4) is 0 Å². The number of carboxylic acids is 1. The largest absolute Gasteiger partial charge is 0.478 e. The third-order valence-electron chi connectivity index (χ3n) is 2.49. The van der Waals surface area contributed by atoms with E-state index in [1.54, 1.807) is 36.0 Å². The monoisotopic (exact) mass is 303 g/mol. The molecule has 7 heteroatoms. The molecule has 0 spiro atoms. The molecule has 2 amide bonds. The summed E-state index contributed by atoms with van der Waals surface area (Å²) in [5, 5.41) is 13.9. The van der Waals surface area contributed by atoms with Crippen molar-refractivity contribution >= 4 is 35.1 Å². The van der Waals surface area contributed by atoms with Crippen molar-refractivity contribution in [2.24, 2.45) is 0 Å². The molecule has 2 rings (SSSR count). The summed E-state index contributed by atoms with van der Waals surface area (Å²) in [6.45, 7) is 0.427. The maximum Gasteiger partial charge on any atom is 0.328 e. The average Bonchev–Trinajstić information content (AvgIpc) is 2.98. The van der Waals surface area contributed by atoms with Gasteiger partial charge in [-0.2, -0.15) is 0 Å². The molecule has 0 radical (unpaired) electrons. The molecule has 1 heterocycles. The minimum atomic E-state index is -1.00. The smallest absolute Gasteiger partial charge is 0.328 e. The zero-order valence-corrected chi connectivity index (χ0v) is 11.8. The number of hydrogen-bond acceptors (Lipinski definition) is 4. The number of nitrogens with one attached hydrogen (secondary N) is 2. The number of aliphatic carboxylic acids is 1.